The van der Waals surface area contributed by atoms with Crippen molar-refractivity contribution in [1.29, 1.82) is 0 Å². The Bertz CT molecular complexity index is 1040. The molecule has 202 valence electrons. The van der Waals surface area contributed by atoms with E-state index in [1.807, 2.05) is 0 Å². The molecule has 0 unspecified atom stereocenters. The third kappa shape index (κ3) is 5.70. The van der Waals surface area contributed by atoms with E-state index in [4.69, 9.17) is 9.47 Å². The predicted molar refractivity (Wildman–Crippen MR) is 133 cm³/mol. The fourth-order valence-corrected chi connectivity index (χ4v) is 6.61. The highest BCUT2D eigenvalue weighted by Crippen LogP contribution is 2.49. The lowest BCUT2D eigenvalue weighted by atomic mass is 9.83. The average Bonchev–Trinajstić information content (AvgIpc) is 3.48. The Morgan fingerprint density at radius 2 is 1.73 bits per heavy atom. The lowest BCUT2D eigenvalue weighted by molar-refractivity contribution is -0.143. The highest BCUT2D eigenvalue weighted by Gasteiger charge is 2.51. The molecule has 8 nitrogen and oxygen atoms in total. The van der Waals surface area contributed by atoms with E-state index in [-0.39, 0.29) is 52.9 Å². The first-order valence-corrected chi connectivity index (χ1v) is 13.7. The summed E-state index contributed by atoms with van der Waals surface area (Å²) in [5, 5.41) is 15.4. The number of aliphatic carboxylic acids is 1. The molecule has 0 saturated heterocycles. The summed E-state index contributed by atoms with van der Waals surface area (Å²) < 4.78 is 26.0. The van der Waals surface area contributed by atoms with Crippen molar-refractivity contribution < 1.29 is 33.4 Å². The van der Waals surface area contributed by atoms with Crippen molar-refractivity contribution in [3.05, 3.63) is 23.5 Å². The van der Waals surface area contributed by atoms with Crippen LogP contribution in [0.15, 0.2) is 12.1 Å². The van der Waals surface area contributed by atoms with Gasteiger partial charge in [-0.05, 0) is 75.2 Å². The van der Waals surface area contributed by atoms with Crippen LogP contribution in [0.5, 0.6) is 11.5 Å². The topological polar surface area (TPSA) is 114 Å². The molecule has 0 heterocycles. The monoisotopic (exact) mass is 516 g/mol. The summed E-state index contributed by atoms with van der Waals surface area (Å²) in [5.74, 6) is -1.19. The number of rotatable bonds is 10. The van der Waals surface area contributed by atoms with Gasteiger partial charge in [0, 0.05) is 18.7 Å². The van der Waals surface area contributed by atoms with Crippen molar-refractivity contribution in [2.75, 3.05) is 13.7 Å². The molecule has 4 saturated carbocycles. The van der Waals surface area contributed by atoms with E-state index < -0.39 is 23.6 Å². The van der Waals surface area contributed by atoms with Crippen LogP contribution < -0.4 is 20.1 Å². The van der Waals surface area contributed by atoms with Crippen LogP contribution in [0.2, 0.25) is 0 Å². The van der Waals surface area contributed by atoms with Gasteiger partial charge in [0.25, 0.3) is 5.91 Å². The Labute approximate surface area is 216 Å². The molecule has 37 heavy (non-hydrogen) atoms. The summed E-state index contributed by atoms with van der Waals surface area (Å²) in [5.41, 5.74) is 0.161. The lowest BCUT2D eigenvalue weighted by Gasteiger charge is -2.31. The third-order valence-corrected chi connectivity index (χ3v) is 8.88. The molecule has 0 aliphatic heterocycles. The van der Waals surface area contributed by atoms with E-state index in [1.54, 1.807) is 0 Å². The number of amides is 2. The first-order chi connectivity index (χ1) is 17.8. The number of carboxylic acid groups (broad SMARTS) is 1. The van der Waals surface area contributed by atoms with Gasteiger partial charge in [0.1, 0.15) is 5.75 Å². The zero-order chi connectivity index (χ0) is 26.1. The van der Waals surface area contributed by atoms with Gasteiger partial charge in [-0.3, -0.25) is 14.4 Å². The van der Waals surface area contributed by atoms with E-state index >= 15 is 0 Å². The number of hydrogen-bond donors (Lipinski definition) is 3. The van der Waals surface area contributed by atoms with Gasteiger partial charge in [-0.2, -0.15) is 0 Å². The molecule has 4 aliphatic rings. The van der Waals surface area contributed by atoms with E-state index in [2.05, 4.69) is 10.6 Å². The first-order valence-electron chi connectivity index (χ1n) is 13.7. The van der Waals surface area contributed by atoms with Gasteiger partial charge in [-0.1, -0.05) is 12.8 Å². The zero-order valence-electron chi connectivity index (χ0n) is 21.3. The van der Waals surface area contributed by atoms with Crippen LogP contribution in [-0.2, 0) is 9.59 Å². The predicted octanol–water partition coefficient (Wildman–Crippen LogP) is 3.92. The van der Waals surface area contributed by atoms with Gasteiger partial charge in [0.05, 0.1) is 30.6 Å². The van der Waals surface area contributed by atoms with Crippen LogP contribution in [0.1, 0.15) is 74.6 Å². The molecule has 5 rings (SSSR count). The Morgan fingerprint density at radius 1 is 1.00 bits per heavy atom. The maximum atomic E-state index is 14.8. The summed E-state index contributed by atoms with van der Waals surface area (Å²) in [6, 6.07) is 2.25. The molecule has 0 aromatic heterocycles. The number of fused-ring (bicyclic) bond motifs is 2. The highest BCUT2D eigenvalue weighted by atomic mass is 19.1. The van der Waals surface area contributed by atoms with Crippen LogP contribution in [0.4, 0.5) is 4.39 Å². The number of carbonyl (C=O) groups is 3. The number of hydrogen-bond acceptors (Lipinski definition) is 5. The van der Waals surface area contributed by atoms with E-state index in [0.717, 1.165) is 37.7 Å². The first kappa shape index (κ1) is 25.8. The molecule has 3 N–H and O–H groups in total. The molecule has 4 aliphatic carbocycles. The van der Waals surface area contributed by atoms with Crippen molar-refractivity contribution in [2.45, 2.75) is 76.4 Å². The molecule has 2 bridgehead atoms. The van der Waals surface area contributed by atoms with E-state index in [0.29, 0.717) is 32.2 Å². The standard InChI is InChI=1S/C28H37FN2O6/c1-36-22-14-21(29)23(37-19-8-6-16(7-9-19)28(34)35)13-20(22)26(32)31-25-18-5-4-17(12-18)24(25)27(33)30-11-10-15-2-3-15/h13-19,24-25H,2-12H2,1H3,(H,30,33)(H,31,32)(H,34,35)/t16-,17-,18+,19+,24+,25-/m1/s1. The number of carbonyl (C=O) groups excluding carboxylic acids is 2. The molecule has 9 heteroatoms. The largest absolute Gasteiger partial charge is 0.496 e. The summed E-state index contributed by atoms with van der Waals surface area (Å²) >= 11 is 0. The van der Waals surface area contributed by atoms with Gasteiger partial charge < -0.3 is 25.2 Å². The number of nitrogens with one attached hydrogen (secondary N) is 2. The normalized spacial score (nSPS) is 30.5. The van der Waals surface area contributed by atoms with Gasteiger partial charge in [-0.25, -0.2) is 4.39 Å². The molecular formula is C28H37FN2O6. The fraction of sp³-hybridized carbons (Fsp3) is 0.679. The van der Waals surface area contributed by atoms with Crippen molar-refractivity contribution in [1.82, 2.24) is 10.6 Å². The summed E-state index contributed by atoms with van der Waals surface area (Å²) in [6.07, 6.45) is 8.06. The smallest absolute Gasteiger partial charge is 0.306 e. The Hall–Kier alpha value is -2.84. The molecule has 4 fully saturated rings. The summed E-state index contributed by atoms with van der Waals surface area (Å²) in [6.45, 7) is 0.679. The number of halogens is 1. The number of benzene rings is 1. The molecule has 4 atom stereocenters. The number of methoxy groups -OCH3 is 1. The van der Waals surface area contributed by atoms with Gasteiger partial charge >= 0.3 is 5.97 Å². The zero-order valence-corrected chi connectivity index (χ0v) is 21.3. The van der Waals surface area contributed by atoms with Crippen LogP contribution in [0.3, 0.4) is 0 Å². The summed E-state index contributed by atoms with van der Waals surface area (Å²) in [4.78, 5) is 37.7. The molecule has 2 amide bonds. The minimum atomic E-state index is -0.816. The molecule has 1 aromatic carbocycles. The molecule has 0 radical (unpaired) electrons. The van der Waals surface area contributed by atoms with Gasteiger partial charge in [-0.15, -0.1) is 0 Å². The van der Waals surface area contributed by atoms with Crippen molar-refractivity contribution in [2.24, 2.45) is 29.6 Å². The van der Waals surface area contributed by atoms with Crippen molar-refractivity contribution in [3.63, 3.8) is 0 Å². The van der Waals surface area contributed by atoms with Gasteiger partial charge in [0.15, 0.2) is 11.6 Å². The molecule has 0 spiro atoms. The minimum Gasteiger partial charge on any atom is -0.496 e. The van der Waals surface area contributed by atoms with Gasteiger partial charge in [0.2, 0.25) is 5.91 Å². The minimum absolute atomic E-state index is 0.0187. The Balaban J connectivity index is 1.27. The Morgan fingerprint density at radius 3 is 2.41 bits per heavy atom. The van der Waals surface area contributed by atoms with Crippen LogP contribution >= 0.6 is 0 Å². The van der Waals surface area contributed by atoms with Crippen LogP contribution in [-0.4, -0.2) is 48.7 Å². The third-order valence-electron chi connectivity index (χ3n) is 8.88. The van der Waals surface area contributed by atoms with Crippen molar-refractivity contribution in [3.8, 4) is 11.5 Å². The SMILES string of the molecule is COc1cc(F)c(O[C@H]2CC[C@@H](C(=O)O)CC2)cc1C(=O)N[C@@H]1[C@H]2CC[C@H](C2)[C@@H]1C(=O)NCCC1CC1. The second kappa shape index (κ2) is 10.9. The lowest BCUT2D eigenvalue weighted by Crippen LogP contribution is -2.50. The number of ether oxygens (including phenoxy) is 2. The summed E-state index contributed by atoms with van der Waals surface area (Å²) in [7, 11) is 1.38. The average molecular weight is 517 g/mol. The second-order valence-electron chi connectivity index (χ2n) is 11.3. The maximum Gasteiger partial charge on any atom is 0.306 e. The molecular weight excluding hydrogens is 479 g/mol. The van der Waals surface area contributed by atoms with E-state index in [1.165, 1.54) is 26.0 Å². The van der Waals surface area contributed by atoms with Crippen LogP contribution in [0.25, 0.3) is 0 Å². The van der Waals surface area contributed by atoms with Crippen molar-refractivity contribution >= 4 is 17.8 Å². The fourth-order valence-electron chi connectivity index (χ4n) is 6.61. The molecule has 1 aromatic rings. The maximum absolute atomic E-state index is 14.8. The Kier molecular flexibility index (Phi) is 7.58. The van der Waals surface area contributed by atoms with E-state index in [9.17, 15) is 23.9 Å². The second-order valence-corrected chi connectivity index (χ2v) is 11.3. The van der Waals surface area contributed by atoms with Crippen LogP contribution in [0, 0.1) is 35.4 Å². The quantitative estimate of drug-likeness (QED) is 0.434. The number of carboxylic acids is 1. The highest BCUT2D eigenvalue weighted by molar-refractivity contribution is 5.98.